The Balaban J connectivity index is 0.000000424. The maximum Gasteiger partial charge on any atom is 0.335 e. The molecule has 0 aliphatic rings. The number of phenols is 1. The average molecular weight is 178 g/mol. The number of hydrogen-bond donors (Lipinski definition) is 2. The van der Waals surface area contributed by atoms with Crippen molar-refractivity contribution in [3.63, 3.8) is 0 Å². The maximum absolute atomic E-state index is 10.2. The minimum atomic E-state index is -0.986. The summed E-state index contributed by atoms with van der Waals surface area (Å²) in [5.74, 6) is 1.34. The molecule has 1 rings (SSSR count). The SMILES string of the molecule is C#CC.O=C(O)c1ccc(O)cc1. The van der Waals surface area contributed by atoms with Gasteiger partial charge in [-0.2, -0.15) is 0 Å². The van der Waals surface area contributed by atoms with Crippen LogP contribution in [0.25, 0.3) is 0 Å². The van der Waals surface area contributed by atoms with Crippen molar-refractivity contribution in [1.82, 2.24) is 0 Å². The normalized spacial score (nSPS) is 7.69. The van der Waals surface area contributed by atoms with Gasteiger partial charge in [-0.15, -0.1) is 12.3 Å². The first kappa shape index (κ1) is 11.1. The first-order valence-electron chi connectivity index (χ1n) is 3.51. The average Bonchev–Trinajstić information content (AvgIpc) is 2.06. The molecular formula is C10H10O3. The number of hydrogen-bond acceptors (Lipinski definition) is 2. The highest BCUT2D eigenvalue weighted by Crippen LogP contribution is 2.08. The number of carboxylic acids is 1. The molecule has 1 aromatic carbocycles. The van der Waals surface area contributed by atoms with Gasteiger partial charge in [0.15, 0.2) is 0 Å². The number of rotatable bonds is 1. The van der Waals surface area contributed by atoms with Crippen LogP contribution in [0.1, 0.15) is 17.3 Å². The minimum absolute atomic E-state index is 0.0741. The number of carbonyl (C=O) groups is 1. The van der Waals surface area contributed by atoms with Gasteiger partial charge < -0.3 is 10.2 Å². The van der Waals surface area contributed by atoms with Gasteiger partial charge in [0, 0.05) is 0 Å². The topological polar surface area (TPSA) is 57.5 Å². The van der Waals surface area contributed by atoms with E-state index in [1.165, 1.54) is 24.3 Å². The van der Waals surface area contributed by atoms with Gasteiger partial charge in [0.05, 0.1) is 5.56 Å². The summed E-state index contributed by atoms with van der Waals surface area (Å²) in [4.78, 5) is 10.2. The lowest BCUT2D eigenvalue weighted by Gasteiger charge is -1.92. The summed E-state index contributed by atoms with van der Waals surface area (Å²) < 4.78 is 0. The summed E-state index contributed by atoms with van der Waals surface area (Å²) in [6.45, 7) is 1.65. The second-order valence-electron chi connectivity index (χ2n) is 2.14. The van der Waals surface area contributed by atoms with E-state index in [9.17, 15) is 4.79 Å². The molecule has 0 aromatic heterocycles. The molecule has 0 saturated carbocycles. The molecule has 0 aliphatic heterocycles. The second kappa shape index (κ2) is 5.67. The summed E-state index contributed by atoms with van der Waals surface area (Å²) in [6.07, 6.45) is 4.60. The zero-order chi connectivity index (χ0) is 10.3. The van der Waals surface area contributed by atoms with Gasteiger partial charge in [0.1, 0.15) is 5.75 Å². The number of benzene rings is 1. The van der Waals surface area contributed by atoms with Crippen LogP contribution in [0.15, 0.2) is 24.3 Å². The van der Waals surface area contributed by atoms with Crippen LogP contribution in [-0.2, 0) is 0 Å². The fourth-order valence-electron chi connectivity index (χ4n) is 0.604. The van der Waals surface area contributed by atoms with Gasteiger partial charge in [0.25, 0.3) is 0 Å². The lowest BCUT2D eigenvalue weighted by atomic mass is 10.2. The molecule has 0 aliphatic carbocycles. The number of aromatic carboxylic acids is 1. The van der Waals surface area contributed by atoms with Crippen molar-refractivity contribution in [2.75, 3.05) is 0 Å². The van der Waals surface area contributed by atoms with Gasteiger partial charge in [0.2, 0.25) is 0 Å². The Hall–Kier alpha value is -1.95. The van der Waals surface area contributed by atoms with Crippen LogP contribution >= 0.6 is 0 Å². The molecule has 0 fully saturated rings. The van der Waals surface area contributed by atoms with Crippen LogP contribution in [0, 0.1) is 12.3 Å². The fraction of sp³-hybridized carbons (Fsp3) is 0.100. The summed E-state index contributed by atoms with van der Waals surface area (Å²) in [5, 5.41) is 17.1. The summed E-state index contributed by atoms with van der Waals surface area (Å²) >= 11 is 0. The Bertz CT molecular complexity index is 306. The van der Waals surface area contributed by atoms with Crippen molar-refractivity contribution in [1.29, 1.82) is 0 Å². The smallest absolute Gasteiger partial charge is 0.335 e. The van der Waals surface area contributed by atoms with E-state index in [-0.39, 0.29) is 11.3 Å². The Morgan fingerprint density at radius 3 is 2.08 bits per heavy atom. The van der Waals surface area contributed by atoms with Gasteiger partial charge in [-0.3, -0.25) is 0 Å². The van der Waals surface area contributed by atoms with Crippen molar-refractivity contribution in [2.24, 2.45) is 0 Å². The molecule has 3 nitrogen and oxygen atoms in total. The molecule has 0 spiro atoms. The van der Waals surface area contributed by atoms with Crippen molar-refractivity contribution in [3.8, 4) is 18.1 Å². The van der Waals surface area contributed by atoms with E-state index in [4.69, 9.17) is 10.2 Å². The molecule has 0 saturated heterocycles. The summed E-state index contributed by atoms with van der Waals surface area (Å²) in [6, 6.07) is 5.36. The van der Waals surface area contributed by atoms with E-state index < -0.39 is 5.97 Å². The first-order valence-corrected chi connectivity index (χ1v) is 3.51. The summed E-state index contributed by atoms with van der Waals surface area (Å²) in [5.41, 5.74) is 0.179. The van der Waals surface area contributed by atoms with Gasteiger partial charge in [-0.1, -0.05) is 0 Å². The van der Waals surface area contributed by atoms with Crippen molar-refractivity contribution in [3.05, 3.63) is 29.8 Å². The largest absolute Gasteiger partial charge is 0.508 e. The molecule has 0 amide bonds. The Labute approximate surface area is 76.6 Å². The third-order valence-corrected chi connectivity index (χ3v) is 1.11. The van der Waals surface area contributed by atoms with E-state index in [1.807, 2.05) is 0 Å². The quantitative estimate of drug-likeness (QED) is 0.644. The van der Waals surface area contributed by atoms with Crippen LogP contribution in [0.3, 0.4) is 0 Å². The van der Waals surface area contributed by atoms with Crippen LogP contribution in [-0.4, -0.2) is 16.2 Å². The number of aromatic hydroxyl groups is 1. The zero-order valence-electron chi connectivity index (χ0n) is 7.19. The summed E-state index contributed by atoms with van der Waals surface area (Å²) in [7, 11) is 0. The molecule has 13 heavy (non-hydrogen) atoms. The van der Waals surface area contributed by atoms with Crippen molar-refractivity contribution < 1.29 is 15.0 Å². The number of phenolic OH excluding ortho intramolecular Hbond substituents is 1. The Morgan fingerprint density at radius 1 is 1.38 bits per heavy atom. The predicted molar refractivity (Wildman–Crippen MR) is 49.6 cm³/mol. The van der Waals surface area contributed by atoms with Crippen molar-refractivity contribution >= 4 is 5.97 Å². The highest BCUT2D eigenvalue weighted by molar-refractivity contribution is 5.87. The lowest BCUT2D eigenvalue weighted by Crippen LogP contribution is -1.93. The molecular weight excluding hydrogens is 168 g/mol. The predicted octanol–water partition coefficient (Wildman–Crippen LogP) is 1.73. The van der Waals surface area contributed by atoms with Gasteiger partial charge in [-0.25, -0.2) is 4.79 Å². The van der Waals surface area contributed by atoms with E-state index in [1.54, 1.807) is 6.92 Å². The van der Waals surface area contributed by atoms with Gasteiger partial charge in [-0.05, 0) is 31.2 Å². The standard InChI is InChI=1S/C7H6O3.C3H4/c8-6-3-1-5(2-4-6)7(9)10;1-3-2/h1-4,8H,(H,9,10);1H,2H3. The third-order valence-electron chi connectivity index (χ3n) is 1.11. The van der Waals surface area contributed by atoms with Gasteiger partial charge >= 0.3 is 5.97 Å². The maximum atomic E-state index is 10.2. The second-order valence-corrected chi connectivity index (χ2v) is 2.14. The van der Waals surface area contributed by atoms with Crippen LogP contribution in [0.4, 0.5) is 0 Å². The number of terminal acetylenes is 1. The van der Waals surface area contributed by atoms with E-state index in [0.29, 0.717) is 0 Å². The molecule has 0 unspecified atom stereocenters. The molecule has 0 bridgehead atoms. The highest BCUT2D eigenvalue weighted by Gasteiger charge is 1.99. The monoisotopic (exact) mass is 178 g/mol. The molecule has 2 N–H and O–H groups in total. The minimum Gasteiger partial charge on any atom is -0.508 e. The molecule has 68 valence electrons. The molecule has 0 radical (unpaired) electrons. The Kier molecular flexibility index (Phi) is 4.82. The molecule has 3 heteroatoms. The van der Waals surface area contributed by atoms with Crippen LogP contribution in [0.5, 0.6) is 5.75 Å². The van der Waals surface area contributed by atoms with Crippen LogP contribution in [0.2, 0.25) is 0 Å². The molecule has 0 atom stereocenters. The van der Waals surface area contributed by atoms with Crippen molar-refractivity contribution in [2.45, 2.75) is 6.92 Å². The van der Waals surface area contributed by atoms with E-state index in [0.717, 1.165) is 0 Å². The lowest BCUT2D eigenvalue weighted by molar-refractivity contribution is 0.0697. The fourth-order valence-corrected chi connectivity index (χ4v) is 0.604. The van der Waals surface area contributed by atoms with Crippen LogP contribution < -0.4 is 0 Å². The third kappa shape index (κ3) is 4.49. The Morgan fingerprint density at radius 2 is 1.77 bits per heavy atom. The zero-order valence-corrected chi connectivity index (χ0v) is 7.19. The molecule has 0 heterocycles. The van der Waals surface area contributed by atoms with E-state index >= 15 is 0 Å². The molecule has 1 aromatic rings. The van der Waals surface area contributed by atoms with E-state index in [2.05, 4.69) is 12.3 Å². The first-order chi connectivity index (χ1) is 6.11. The highest BCUT2D eigenvalue weighted by atomic mass is 16.4. The number of carboxylic acid groups (broad SMARTS) is 1.